The van der Waals surface area contributed by atoms with Gasteiger partial charge in [-0.2, -0.15) is 0 Å². The highest BCUT2D eigenvalue weighted by molar-refractivity contribution is 9.10. The number of aromatic nitrogens is 3. The zero-order chi connectivity index (χ0) is 9.42. The van der Waals surface area contributed by atoms with E-state index >= 15 is 0 Å². The summed E-state index contributed by atoms with van der Waals surface area (Å²) in [4.78, 5) is 8.50. The van der Waals surface area contributed by atoms with E-state index in [2.05, 4.69) is 39.7 Å². The van der Waals surface area contributed by atoms with E-state index in [0.29, 0.717) is 5.92 Å². The molecule has 0 amide bonds. The van der Waals surface area contributed by atoms with E-state index in [1.165, 1.54) is 0 Å². The van der Waals surface area contributed by atoms with Crippen LogP contribution in [0.4, 0.5) is 0 Å². The lowest BCUT2D eigenvalue weighted by Gasteiger charge is -2.01. The maximum Gasteiger partial charge on any atom is 0.132 e. The van der Waals surface area contributed by atoms with Crippen molar-refractivity contribution in [2.45, 2.75) is 19.8 Å². The third kappa shape index (κ3) is 1.35. The summed E-state index contributed by atoms with van der Waals surface area (Å²) in [7, 11) is 0. The van der Waals surface area contributed by atoms with Crippen LogP contribution in [-0.2, 0) is 0 Å². The van der Waals surface area contributed by atoms with Gasteiger partial charge in [0.25, 0.3) is 0 Å². The van der Waals surface area contributed by atoms with Crippen molar-refractivity contribution in [1.82, 2.24) is 14.4 Å². The molecule has 4 heteroatoms. The molecule has 2 rings (SSSR count). The maximum atomic E-state index is 4.43. The van der Waals surface area contributed by atoms with Gasteiger partial charge in [-0.1, -0.05) is 13.8 Å². The Morgan fingerprint density at radius 1 is 1.46 bits per heavy atom. The number of imidazole rings is 1. The molecule has 0 atom stereocenters. The van der Waals surface area contributed by atoms with Crippen LogP contribution < -0.4 is 0 Å². The maximum absolute atomic E-state index is 4.43. The van der Waals surface area contributed by atoms with Crippen molar-refractivity contribution in [3.05, 3.63) is 29.0 Å². The van der Waals surface area contributed by atoms with Gasteiger partial charge in [-0.05, 0) is 22.0 Å². The molecule has 0 unspecified atom stereocenters. The van der Waals surface area contributed by atoms with E-state index in [4.69, 9.17) is 0 Å². The van der Waals surface area contributed by atoms with E-state index < -0.39 is 0 Å². The molecule has 0 aliphatic heterocycles. The lowest BCUT2D eigenvalue weighted by molar-refractivity contribution is 0.763. The second-order valence-corrected chi connectivity index (χ2v) is 4.00. The van der Waals surface area contributed by atoms with Crippen LogP contribution in [0.2, 0.25) is 0 Å². The van der Waals surface area contributed by atoms with Crippen LogP contribution in [0.3, 0.4) is 0 Å². The van der Waals surface area contributed by atoms with Crippen molar-refractivity contribution in [3.63, 3.8) is 0 Å². The van der Waals surface area contributed by atoms with Crippen LogP contribution in [0.15, 0.2) is 23.2 Å². The highest BCUT2D eigenvalue weighted by atomic mass is 79.9. The topological polar surface area (TPSA) is 30.2 Å². The minimum Gasteiger partial charge on any atom is -0.286 e. The molecule has 68 valence electrons. The van der Waals surface area contributed by atoms with Crippen molar-refractivity contribution < 1.29 is 0 Å². The third-order valence-electron chi connectivity index (χ3n) is 1.95. The first kappa shape index (κ1) is 8.69. The lowest BCUT2D eigenvalue weighted by atomic mass is 10.2. The van der Waals surface area contributed by atoms with Crippen LogP contribution in [0.25, 0.3) is 5.52 Å². The molecule has 0 aromatic carbocycles. The summed E-state index contributed by atoms with van der Waals surface area (Å²) in [5, 5.41) is 0. The Kier molecular flexibility index (Phi) is 2.07. The van der Waals surface area contributed by atoms with Gasteiger partial charge in [0.15, 0.2) is 0 Å². The van der Waals surface area contributed by atoms with Crippen LogP contribution in [0.1, 0.15) is 25.6 Å². The number of nitrogens with zero attached hydrogens (tertiary/aromatic N) is 3. The Balaban J connectivity index is 2.78. The third-order valence-corrected chi connectivity index (χ3v) is 2.53. The molecule has 2 heterocycles. The lowest BCUT2D eigenvalue weighted by Crippen LogP contribution is -1.96. The molecule has 3 nitrogen and oxygen atoms in total. The van der Waals surface area contributed by atoms with Gasteiger partial charge >= 0.3 is 0 Å². The monoisotopic (exact) mass is 239 g/mol. The van der Waals surface area contributed by atoms with Crippen LogP contribution in [0.5, 0.6) is 0 Å². The van der Waals surface area contributed by atoms with Gasteiger partial charge < -0.3 is 0 Å². The fourth-order valence-corrected chi connectivity index (χ4v) is 1.84. The largest absolute Gasteiger partial charge is 0.286 e. The molecule has 0 spiro atoms. The Morgan fingerprint density at radius 3 is 2.92 bits per heavy atom. The highest BCUT2D eigenvalue weighted by Gasteiger charge is 2.10. The van der Waals surface area contributed by atoms with E-state index in [0.717, 1.165) is 15.9 Å². The normalized spacial score (nSPS) is 11.4. The fourth-order valence-electron chi connectivity index (χ4n) is 1.33. The number of halogens is 1. The average Bonchev–Trinajstić information content (AvgIpc) is 2.45. The zero-order valence-corrected chi connectivity index (χ0v) is 9.12. The van der Waals surface area contributed by atoms with Crippen molar-refractivity contribution in [2.24, 2.45) is 0 Å². The summed E-state index contributed by atoms with van der Waals surface area (Å²) < 4.78 is 2.90. The number of hydrogen-bond donors (Lipinski definition) is 0. The highest BCUT2D eigenvalue weighted by Crippen LogP contribution is 2.22. The molecule has 0 aliphatic carbocycles. The quantitative estimate of drug-likeness (QED) is 0.766. The number of hydrogen-bond acceptors (Lipinski definition) is 2. The zero-order valence-electron chi connectivity index (χ0n) is 7.53. The predicted molar refractivity (Wildman–Crippen MR) is 54.8 cm³/mol. The molecule has 2 aromatic rings. The molecule has 0 saturated carbocycles. The minimum absolute atomic E-state index is 0.406. The minimum atomic E-state index is 0.406. The first-order valence-corrected chi connectivity index (χ1v) is 4.97. The van der Waals surface area contributed by atoms with Crippen LogP contribution in [0, 0.1) is 0 Å². The summed E-state index contributed by atoms with van der Waals surface area (Å²) in [6.45, 7) is 4.24. The molecule has 0 N–H and O–H groups in total. The summed E-state index contributed by atoms with van der Waals surface area (Å²) in [5.74, 6) is 1.44. The second-order valence-electron chi connectivity index (χ2n) is 3.25. The molecule has 2 aromatic heterocycles. The summed E-state index contributed by atoms with van der Waals surface area (Å²) >= 11 is 3.43. The molecule has 0 radical (unpaired) electrons. The van der Waals surface area contributed by atoms with Crippen molar-refractivity contribution in [2.75, 3.05) is 0 Å². The van der Waals surface area contributed by atoms with Gasteiger partial charge in [-0.25, -0.2) is 9.97 Å². The SMILES string of the molecule is CC(C)c1nc(Br)c2ccncn12. The summed E-state index contributed by atoms with van der Waals surface area (Å²) in [5.41, 5.74) is 1.07. The molecule has 0 aliphatic rings. The van der Waals surface area contributed by atoms with Crippen molar-refractivity contribution >= 4 is 21.4 Å². The van der Waals surface area contributed by atoms with Gasteiger partial charge in [0.1, 0.15) is 16.8 Å². The van der Waals surface area contributed by atoms with Gasteiger partial charge in [0.2, 0.25) is 0 Å². The van der Waals surface area contributed by atoms with Gasteiger partial charge in [0, 0.05) is 12.1 Å². The van der Waals surface area contributed by atoms with Crippen LogP contribution in [-0.4, -0.2) is 14.4 Å². The molecule has 0 bridgehead atoms. The van der Waals surface area contributed by atoms with E-state index in [9.17, 15) is 0 Å². The van der Waals surface area contributed by atoms with Gasteiger partial charge in [0.05, 0.1) is 5.52 Å². The smallest absolute Gasteiger partial charge is 0.132 e. The summed E-state index contributed by atoms with van der Waals surface area (Å²) in [6, 6.07) is 1.95. The number of rotatable bonds is 1. The van der Waals surface area contributed by atoms with E-state index in [1.807, 2.05) is 10.5 Å². The van der Waals surface area contributed by atoms with Crippen LogP contribution >= 0.6 is 15.9 Å². The molecular weight excluding hydrogens is 230 g/mol. The summed E-state index contributed by atoms with van der Waals surface area (Å²) in [6.07, 6.45) is 3.56. The van der Waals surface area contributed by atoms with Crippen molar-refractivity contribution in [1.29, 1.82) is 0 Å². The first-order valence-electron chi connectivity index (χ1n) is 4.17. The molecular formula is C9H10BrN3. The Hall–Kier alpha value is -0.900. The standard InChI is InChI=1S/C9H10BrN3/c1-6(2)9-12-8(10)7-3-4-11-5-13(7)9/h3-6H,1-2H3. The fraction of sp³-hybridized carbons (Fsp3) is 0.333. The van der Waals surface area contributed by atoms with E-state index in [1.54, 1.807) is 12.5 Å². The second kappa shape index (κ2) is 3.10. The average molecular weight is 240 g/mol. The Bertz CT molecular complexity index is 433. The van der Waals surface area contributed by atoms with Gasteiger partial charge in [-0.3, -0.25) is 4.40 Å². The Morgan fingerprint density at radius 2 is 2.23 bits per heavy atom. The Labute approximate surface area is 85.0 Å². The number of fused-ring (bicyclic) bond motifs is 1. The molecule has 0 fully saturated rings. The predicted octanol–water partition coefficient (Wildman–Crippen LogP) is 2.62. The van der Waals surface area contributed by atoms with Gasteiger partial charge in [-0.15, -0.1) is 0 Å². The molecule has 0 saturated heterocycles. The first-order chi connectivity index (χ1) is 6.20. The molecule has 13 heavy (non-hydrogen) atoms. The van der Waals surface area contributed by atoms with E-state index in [-0.39, 0.29) is 0 Å². The van der Waals surface area contributed by atoms with Crippen molar-refractivity contribution in [3.8, 4) is 0 Å².